The monoisotopic (exact) mass is 267 g/mol. The SMILES string of the molecule is CN(Cc1ccoc1)c1ncc(CN)c2ccccc12. The van der Waals surface area contributed by atoms with Gasteiger partial charge in [0, 0.05) is 37.3 Å². The fourth-order valence-corrected chi connectivity index (χ4v) is 2.43. The van der Waals surface area contributed by atoms with E-state index < -0.39 is 0 Å². The van der Waals surface area contributed by atoms with Crippen LogP contribution in [0, 0.1) is 0 Å². The molecule has 102 valence electrons. The van der Waals surface area contributed by atoms with E-state index in [-0.39, 0.29) is 0 Å². The lowest BCUT2D eigenvalue weighted by Crippen LogP contribution is -2.18. The Kier molecular flexibility index (Phi) is 3.39. The number of anilines is 1. The summed E-state index contributed by atoms with van der Waals surface area (Å²) in [5, 5.41) is 2.29. The van der Waals surface area contributed by atoms with Gasteiger partial charge in [-0.25, -0.2) is 4.98 Å². The zero-order valence-electron chi connectivity index (χ0n) is 11.4. The Balaban J connectivity index is 2.03. The van der Waals surface area contributed by atoms with E-state index in [0.717, 1.165) is 28.9 Å². The molecule has 3 aromatic rings. The van der Waals surface area contributed by atoms with E-state index in [4.69, 9.17) is 10.2 Å². The number of pyridine rings is 1. The van der Waals surface area contributed by atoms with Crippen LogP contribution in [-0.2, 0) is 13.1 Å². The molecule has 0 radical (unpaired) electrons. The van der Waals surface area contributed by atoms with Crippen molar-refractivity contribution in [2.45, 2.75) is 13.1 Å². The van der Waals surface area contributed by atoms with Crippen LogP contribution in [0.5, 0.6) is 0 Å². The van der Waals surface area contributed by atoms with Crippen LogP contribution >= 0.6 is 0 Å². The van der Waals surface area contributed by atoms with Crippen molar-refractivity contribution in [3.63, 3.8) is 0 Å². The van der Waals surface area contributed by atoms with Crippen LogP contribution in [0.25, 0.3) is 10.8 Å². The molecule has 0 saturated heterocycles. The molecular formula is C16H17N3O. The second kappa shape index (κ2) is 5.35. The van der Waals surface area contributed by atoms with E-state index in [0.29, 0.717) is 6.54 Å². The van der Waals surface area contributed by atoms with Crippen LogP contribution in [0.3, 0.4) is 0 Å². The van der Waals surface area contributed by atoms with Crippen molar-refractivity contribution in [1.82, 2.24) is 4.98 Å². The molecule has 0 saturated carbocycles. The molecular weight excluding hydrogens is 250 g/mol. The van der Waals surface area contributed by atoms with Crippen LogP contribution in [0.2, 0.25) is 0 Å². The Hall–Kier alpha value is -2.33. The number of rotatable bonds is 4. The van der Waals surface area contributed by atoms with Crippen LogP contribution in [0.1, 0.15) is 11.1 Å². The summed E-state index contributed by atoms with van der Waals surface area (Å²) in [6.45, 7) is 1.26. The Morgan fingerprint density at radius 2 is 2.00 bits per heavy atom. The molecule has 3 rings (SSSR count). The van der Waals surface area contributed by atoms with Crippen molar-refractivity contribution in [2.24, 2.45) is 5.73 Å². The molecule has 1 aromatic carbocycles. The van der Waals surface area contributed by atoms with Crippen LogP contribution in [-0.4, -0.2) is 12.0 Å². The van der Waals surface area contributed by atoms with E-state index in [1.807, 2.05) is 31.4 Å². The average Bonchev–Trinajstić information content (AvgIpc) is 2.99. The second-order valence-electron chi connectivity index (χ2n) is 4.84. The second-order valence-corrected chi connectivity index (χ2v) is 4.84. The molecule has 0 aliphatic carbocycles. The van der Waals surface area contributed by atoms with E-state index in [2.05, 4.69) is 22.0 Å². The number of hydrogen-bond acceptors (Lipinski definition) is 4. The first-order chi connectivity index (χ1) is 9.79. The van der Waals surface area contributed by atoms with E-state index in [1.54, 1.807) is 12.5 Å². The number of hydrogen-bond donors (Lipinski definition) is 1. The lowest BCUT2D eigenvalue weighted by molar-refractivity contribution is 0.563. The molecule has 0 amide bonds. The van der Waals surface area contributed by atoms with Gasteiger partial charge in [0.1, 0.15) is 5.82 Å². The summed E-state index contributed by atoms with van der Waals surface area (Å²) in [5.74, 6) is 0.957. The number of aromatic nitrogens is 1. The molecule has 0 aliphatic rings. The van der Waals surface area contributed by atoms with Crippen LogP contribution in [0.4, 0.5) is 5.82 Å². The maximum Gasteiger partial charge on any atom is 0.136 e. The van der Waals surface area contributed by atoms with Gasteiger partial charge in [0.2, 0.25) is 0 Å². The normalized spacial score (nSPS) is 10.9. The number of nitrogens with two attached hydrogens (primary N) is 1. The van der Waals surface area contributed by atoms with Gasteiger partial charge in [-0.05, 0) is 17.0 Å². The first-order valence-corrected chi connectivity index (χ1v) is 6.58. The minimum Gasteiger partial charge on any atom is -0.472 e. The van der Waals surface area contributed by atoms with Gasteiger partial charge in [-0.2, -0.15) is 0 Å². The van der Waals surface area contributed by atoms with Crippen molar-refractivity contribution in [3.8, 4) is 0 Å². The largest absolute Gasteiger partial charge is 0.472 e. The van der Waals surface area contributed by atoms with Gasteiger partial charge in [0.15, 0.2) is 0 Å². The summed E-state index contributed by atoms with van der Waals surface area (Å²) >= 11 is 0. The summed E-state index contributed by atoms with van der Waals surface area (Å²) in [6, 6.07) is 10.2. The maximum atomic E-state index is 5.79. The van der Waals surface area contributed by atoms with E-state index >= 15 is 0 Å². The fourth-order valence-electron chi connectivity index (χ4n) is 2.43. The van der Waals surface area contributed by atoms with Gasteiger partial charge >= 0.3 is 0 Å². The highest BCUT2D eigenvalue weighted by molar-refractivity contribution is 5.94. The molecule has 2 aromatic heterocycles. The smallest absolute Gasteiger partial charge is 0.136 e. The van der Waals surface area contributed by atoms with Crippen molar-refractivity contribution in [2.75, 3.05) is 11.9 Å². The number of furan rings is 1. The van der Waals surface area contributed by atoms with Gasteiger partial charge in [-0.1, -0.05) is 24.3 Å². The van der Waals surface area contributed by atoms with Crippen molar-refractivity contribution >= 4 is 16.6 Å². The molecule has 0 atom stereocenters. The van der Waals surface area contributed by atoms with Crippen LogP contribution in [0.15, 0.2) is 53.5 Å². The lowest BCUT2D eigenvalue weighted by atomic mass is 10.1. The third-order valence-electron chi connectivity index (χ3n) is 3.44. The molecule has 2 heterocycles. The Morgan fingerprint density at radius 1 is 1.20 bits per heavy atom. The first-order valence-electron chi connectivity index (χ1n) is 6.58. The van der Waals surface area contributed by atoms with Gasteiger partial charge < -0.3 is 15.1 Å². The summed E-state index contributed by atoms with van der Waals surface area (Å²) in [4.78, 5) is 6.69. The standard InChI is InChI=1S/C16H17N3O/c1-19(10-12-6-7-20-11-12)16-15-5-3-2-4-14(15)13(8-17)9-18-16/h2-7,9,11H,8,10,17H2,1H3. The highest BCUT2D eigenvalue weighted by atomic mass is 16.3. The van der Waals surface area contributed by atoms with Crippen molar-refractivity contribution in [3.05, 3.63) is 60.2 Å². The van der Waals surface area contributed by atoms with Gasteiger partial charge in [-0.3, -0.25) is 0 Å². The van der Waals surface area contributed by atoms with Gasteiger partial charge in [0.05, 0.1) is 12.5 Å². The van der Waals surface area contributed by atoms with Gasteiger partial charge in [-0.15, -0.1) is 0 Å². The van der Waals surface area contributed by atoms with E-state index in [9.17, 15) is 0 Å². The topological polar surface area (TPSA) is 55.3 Å². The molecule has 0 aliphatic heterocycles. The van der Waals surface area contributed by atoms with Crippen LogP contribution < -0.4 is 10.6 Å². The molecule has 0 fully saturated rings. The lowest BCUT2D eigenvalue weighted by Gasteiger charge is -2.20. The highest BCUT2D eigenvalue weighted by Gasteiger charge is 2.11. The average molecular weight is 267 g/mol. The number of benzene rings is 1. The zero-order valence-corrected chi connectivity index (χ0v) is 11.4. The third kappa shape index (κ3) is 2.26. The summed E-state index contributed by atoms with van der Waals surface area (Å²) in [6.07, 6.45) is 5.31. The minimum atomic E-state index is 0.499. The molecule has 20 heavy (non-hydrogen) atoms. The summed E-state index contributed by atoms with van der Waals surface area (Å²) in [7, 11) is 2.03. The summed E-state index contributed by atoms with van der Waals surface area (Å²) < 4.78 is 5.11. The Labute approximate surface area is 117 Å². The molecule has 4 heteroatoms. The molecule has 0 unspecified atom stereocenters. The predicted octanol–water partition coefficient (Wildman–Crippen LogP) is 2.92. The number of fused-ring (bicyclic) bond motifs is 1. The summed E-state index contributed by atoms with van der Waals surface area (Å²) in [5.41, 5.74) is 7.98. The number of nitrogens with zero attached hydrogens (tertiary/aromatic N) is 2. The maximum absolute atomic E-state index is 5.79. The molecule has 4 nitrogen and oxygen atoms in total. The molecule has 0 spiro atoms. The van der Waals surface area contributed by atoms with E-state index in [1.165, 1.54) is 5.39 Å². The predicted molar refractivity (Wildman–Crippen MR) is 80.4 cm³/mol. The van der Waals surface area contributed by atoms with Gasteiger partial charge in [0.25, 0.3) is 0 Å². The third-order valence-corrected chi connectivity index (χ3v) is 3.44. The highest BCUT2D eigenvalue weighted by Crippen LogP contribution is 2.27. The first kappa shape index (κ1) is 12.7. The quantitative estimate of drug-likeness (QED) is 0.789. The molecule has 2 N–H and O–H groups in total. The fraction of sp³-hybridized carbons (Fsp3) is 0.188. The Morgan fingerprint density at radius 3 is 2.70 bits per heavy atom. The minimum absolute atomic E-state index is 0.499. The molecule has 0 bridgehead atoms. The zero-order chi connectivity index (χ0) is 13.9. The van der Waals surface area contributed by atoms with Crippen molar-refractivity contribution < 1.29 is 4.42 Å². The Bertz CT molecular complexity index is 707. The van der Waals surface area contributed by atoms with Crippen molar-refractivity contribution in [1.29, 1.82) is 0 Å².